The van der Waals surface area contributed by atoms with Crippen molar-refractivity contribution in [3.8, 4) is 11.5 Å². The third kappa shape index (κ3) is 3.69. The number of rotatable bonds is 7. The number of nitrogens with zero attached hydrogens (tertiary/aromatic N) is 1. The fourth-order valence-corrected chi connectivity index (χ4v) is 3.03. The van der Waals surface area contributed by atoms with E-state index >= 15 is 0 Å². The van der Waals surface area contributed by atoms with Crippen LogP contribution in [-0.2, 0) is 9.53 Å². The summed E-state index contributed by atoms with van der Waals surface area (Å²) in [6, 6.07) is 9.76. The Morgan fingerprint density at radius 1 is 0.966 bits per heavy atom. The summed E-state index contributed by atoms with van der Waals surface area (Å²) in [6.45, 7) is 0.817. The molecule has 0 saturated heterocycles. The molecular weight excluding hydrogens is 378 g/mol. The van der Waals surface area contributed by atoms with Gasteiger partial charge in [0, 0.05) is 6.07 Å². The van der Waals surface area contributed by atoms with Crippen LogP contribution >= 0.6 is 0 Å². The van der Waals surface area contributed by atoms with Gasteiger partial charge in [0.05, 0.1) is 30.9 Å². The van der Waals surface area contributed by atoms with Crippen LogP contribution in [0.25, 0.3) is 0 Å². The molecule has 0 aromatic heterocycles. The van der Waals surface area contributed by atoms with Crippen molar-refractivity contribution in [1.82, 2.24) is 4.90 Å². The number of carbonyl (C=O) groups is 4. The Hall–Kier alpha value is -3.68. The van der Waals surface area contributed by atoms with E-state index < -0.39 is 36.2 Å². The van der Waals surface area contributed by atoms with E-state index in [1.165, 1.54) is 45.4 Å². The van der Waals surface area contributed by atoms with E-state index in [4.69, 9.17) is 14.2 Å². The zero-order valence-electron chi connectivity index (χ0n) is 16.1. The van der Waals surface area contributed by atoms with Crippen LogP contribution in [0, 0.1) is 0 Å². The lowest BCUT2D eigenvalue weighted by atomic mass is 10.1. The maximum Gasteiger partial charge on any atom is 0.329 e. The van der Waals surface area contributed by atoms with Crippen LogP contribution in [0.2, 0.25) is 0 Å². The molecule has 0 fully saturated rings. The third-order valence-electron chi connectivity index (χ3n) is 4.61. The number of hydrogen-bond acceptors (Lipinski definition) is 7. The molecule has 150 valence electrons. The van der Waals surface area contributed by atoms with Crippen LogP contribution in [0.5, 0.6) is 11.5 Å². The summed E-state index contributed by atoms with van der Waals surface area (Å²) in [7, 11) is 2.89. The highest BCUT2D eigenvalue weighted by atomic mass is 16.5. The molecule has 0 N–H and O–H groups in total. The molecule has 2 aromatic carbocycles. The van der Waals surface area contributed by atoms with Gasteiger partial charge in [0.1, 0.15) is 17.5 Å². The summed E-state index contributed by atoms with van der Waals surface area (Å²) in [5.41, 5.74) is 0.682. The molecule has 1 aliphatic heterocycles. The fourth-order valence-electron chi connectivity index (χ4n) is 3.03. The van der Waals surface area contributed by atoms with E-state index in [1.54, 1.807) is 18.2 Å². The first kappa shape index (κ1) is 20.1. The molecule has 8 nitrogen and oxygen atoms in total. The largest absolute Gasteiger partial charge is 0.497 e. The first-order valence-electron chi connectivity index (χ1n) is 8.77. The second-order valence-electron chi connectivity index (χ2n) is 6.30. The number of hydrogen-bond donors (Lipinski definition) is 0. The number of carbonyl (C=O) groups excluding carboxylic acids is 4. The van der Waals surface area contributed by atoms with E-state index in [0.29, 0.717) is 5.75 Å². The summed E-state index contributed by atoms with van der Waals surface area (Å²) < 4.78 is 15.3. The zero-order valence-corrected chi connectivity index (χ0v) is 16.1. The van der Waals surface area contributed by atoms with Crippen molar-refractivity contribution in [3.63, 3.8) is 0 Å². The van der Waals surface area contributed by atoms with E-state index in [9.17, 15) is 19.2 Å². The lowest BCUT2D eigenvalue weighted by Crippen LogP contribution is -2.44. The normalized spacial score (nSPS) is 13.7. The summed E-state index contributed by atoms with van der Waals surface area (Å²) in [5, 5.41) is 0. The van der Waals surface area contributed by atoms with Crippen LogP contribution in [-0.4, -0.2) is 55.3 Å². The number of imide groups is 1. The molecule has 1 atom stereocenters. The summed E-state index contributed by atoms with van der Waals surface area (Å²) >= 11 is 0. The number of ketones is 1. The van der Waals surface area contributed by atoms with Crippen LogP contribution < -0.4 is 9.47 Å². The SMILES string of the molecule is COc1ccc(C(=O)COC(=O)[C@H](C)N2C(=O)c3ccccc3C2=O)c(OC)c1. The maximum atomic E-state index is 12.5. The zero-order chi connectivity index (χ0) is 21.1. The van der Waals surface area contributed by atoms with Gasteiger partial charge in [0.2, 0.25) is 5.78 Å². The third-order valence-corrected chi connectivity index (χ3v) is 4.61. The molecular formula is C21H19NO7. The van der Waals surface area contributed by atoms with Gasteiger partial charge in [0.15, 0.2) is 6.61 Å². The van der Waals surface area contributed by atoms with Crippen molar-refractivity contribution >= 4 is 23.6 Å². The van der Waals surface area contributed by atoms with Crippen molar-refractivity contribution in [3.05, 3.63) is 59.2 Å². The van der Waals surface area contributed by atoms with Gasteiger partial charge in [0.25, 0.3) is 11.8 Å². The predicted octanol–water partition coefficient (Wildman–Crippen LogP) is 2.11. The number of ether oxygens (including phenoxy) is 3. The molecule has 1 heterocycles. The Morgan fingerprint density at radius 2 is 1.59 bits per heavy atom. The van der Waals surface area contributed by atoms with Gasteiger partial charge >= 0.3 is 5.97 Å². The summed E-state index contributed by atoms with van der Waals surface area (Å²) in [5.74, 6) is -1.71. The predicted molar refractivity (Wildman–Crippen MR) is 101 cm³/mol. The number of benzene rings is 2. The highest BCUT2D eigenvalue weighted by Crippen LogP contribution is 2.26. The molecule has 0 aliphatic carbocycles. The Balaban J connectivity index is 1.68. The van der Waals surface area contributed by atoms with Crippen molar-refractivity contribution in [2.75, 3.05) is 20.8 Å². The fraction of sp³-hybridized carbons (Fsp3) is 0.238. The standard InChI is InChI=1S/C21H19NO7/c1-12(22-19(24)14-6-4-5-7-15(14)20(22)25)21(26)29-11-17(23)16-9-8-13(27-2)10-18(16)28-3/h4-10,12H,11H2,1-3H3/t12-/m0/s1. The molecule has 0 saturated carbocycles. The molecule has 2 aromatic rings. The van der Waals surface area contributed by atoms with Gasteiger partial charge < -0.3 is 14.2 Å². The van der Waals surface area contributed by atoms with Crippen LogP contribution in [0.1, 0.15) is 38.0 Å². The topological polar surface area (TPSA) is 99.2 Å². The number of fused-ring (bicyclic) bond motifs is 1. The van der Waals surface area contributed by atoms with E-state index in [-0.39, 0.29) is 22.4 Å². The molecule has 0 unspecified atom stereocenters. The second-order valence-corrected chi connectivity index (χ2v) is 6.30. The molecule has 0 bridgehead atoms. The van der Waals surface area contributed by atoms with Crippen LogP contribution in [0.15, 0.2) is 42.5 Å². The number of esters is 1. The monoisotopic (exact) mass is 397 g/mol. The molecule has 3 rings (SSSR count). The smallest absolute Gasteiger partial charge is 0.329 e. The lowest BCUT2D eigenvalue weighted by molar-refractivity contribution is -0.146. The molecule has 1 aliphatic rings. The van der Waals surface area contributed by atoms with E-state index in [0.717, 1.165) is 4.90 Å². The Morgan fingerprint density at radius 3 is 2.14 bits per heavy atom. The molecule has 29 heavy (non-hydrogen) atoms. The highest BCUT2D eigenvalue weighted by Gasteiger charge is 2.41. The first-order valence-corrected chi connectivity index (χ1v) is 8.77. The summed E-state index contributed by atoms with van der Waals surface area (Å²) in [4.78, 5) is 50.6. The average Bonchev–Trinajstić information content (AvgIpc) is 3.01. The van der Waals surface area contributed by atoms with E-state index in [2.05, 4.69) is 0 Å². The number of amides is 2. The quantitative estimate of drug-likeness (QED) is 0.401. The second kappa shape index (κ2) is 8.14. The molecule has 0 spiro atoms. The minimum Gasteiger partial charge on any atom is -0.497 e. The van der Waals surface area contributed by atoms with Crippen molar-refractivity contribution < 1.29 is 33.4 Å². The Kier molecular flexibility index (Phi) is 5.63. The Bertz CT molecular complexity index is 963. The van der Waals surface area contributed by atoms with Gasteiger partial charge in [-0.15, -0.1) is 0 Å². The lowest BCUT2D eigenvalue weighted by Gasteiger charge is -2.20. The summed E-state index contributed by atoms with van der Waals surface area (Å²) in [6.07, 6.45) is 0. The molecule has 2 amide bonds. The van der Waals surface area contributed by atoms with Gasteiger partial charge in [-0.1, -0.05) is 12.1 Å². The van der Waals surface area contributed by atoms with Gasteiger partial charge in [-0.2, -0.15) is 0 Å². The highest BCUT2D eigenvalue weighted by molar-refractivity contribution is 6.22. The van der Waals surface area contributed by atoms with Crippen molar-refractivity contribution in [2.24, 2.45) is 0 Å². The molecule has 8 heteroatoms. The number of methoxy groups -OCH3 is 2. The van der Waals surface area contributed by atoms with Crippen LogP contribution in [0.4, 0.5) is 0 Å². The van der Waals surface area contributed by atoms with E-state index in [1.807, 2.05) is 0 Å². The Labute approximate surface area is 167 Å². The maximum absolute atomic E-state index is 12.5. The van der Waals surface area contributed by atoms with Crippen LogP contribution in [0.3, 0.4) is 0 Å². The average molecular weight is 397 g/mol. The van der Waals surface area contributed by atoms with Crippen molar-refractivity contribution in [1.29, 1.82) is 0 Å². The molecule has 0 radical (unpaired) electrons. The van der Waals surface area contributed by atoms with Gasteiger partial charge in [-0.3, -0.25) is 19.3 Å². The van der Waals surface area contributed by atoms with Gasteiger partial charge in [-0.25, -0.2) is 4.79 Å². The minimum absolute atomic E-state index is 0.217. The minimum atomic E-state index is -1.17. The van der Waals surface area contributed by atoms with Crippen molar-refractivity contribution in [2.45, 2.75) is 13.0 Å². The number of Topliss-reactive ketones (excluding diaryl/α,β-unsaturated/α-hetero) is 1. The van der Waals surface area contributed by atoms with Gasteiger partial charge in [-0.05, 0) is 31.2 Å². The first-order chi connectivity index (χ1) is 13.9.